The number of unbranched alkanes of at least 4 members (excludes halogenated alkanes) is 3. The third-order valence-electron chi connectivity index (χ3n) is 5.32. The highest BCUT2D eigenvalue weighted by atomic mass is 35.5. The molecule has 0 saturated carbocycles. The van der Waals surface area contributed by atoms with Gasteiger partial charge in [0.2, 0.25) is 11.9 Å². The van der Waals surface area contributed by atoms with Crippen molar-refractivity contribution in [1.82, 2.24) is 29.8 Å². The van der Waals surface area contributed by atoms with E-state index in [0.717, 1.165) is 59.5 Å². The fourth-order valence-corrected chi connectivity index (χ4v) is 3.72. The highest BCUT2D eigenvalue weighted by Gasteiger charge is 2.08. The van der Waals surface area contributed by atoms with Gasteiger partial charge < -0.3 is 9.88 Å². The number of hydrogen-bond acceptors (Lipinski definition) is 6. The summed E-state index contributed by atoms with van der Waals surface area (Å²) in [6.45, 7) is 1.48. The van der Waals surface area contributed by atoms with Gasteiger partial charge in [0.25, 0.3) is 0 Å². The molecule has 0 aliphatic rings. The minimum Gasteiger partial charge on any atom is -0.328 e. The number of benzene rings is 1. The van der Waals surface area contributed by atoms with Crippen LogP contribution in [0.3, 0.4) is 0 Å². The zero-order chi connectivity index (χ0) is 23.0. The van der Waals surface area contributed by atoms with Crippen LogP contribution in [0, 0.1) is 0 Å². The standard InChI is InChI=1S/C23H26ClN7O2/c24-19-8-6-17(7-9-19)15-30-12-10-18-13-25-23(28-22(18)30)27-20-14-26-31(16-20)11-4-2-1-3-5-21(32)29-33/h6-10,12-14,16,33H,1-5,11,15H2,(H,29,32)(H,25,27,28). The third-order valence-corrected chi connectivity index (χ3v) is 5.58. The van der Waals surface area contributed by atoms with Crippen LogP contribution in [0.15, 0.2) is 55.1 Å². The quantitative estimate of drug-likeness (QED) is 0.170. The van der Waals surface area contributed by atoms with Crippen LogP contribution in [0.4, 0.5) is 11.6 Å². The summed E-state index contributed by atoms with van der Waals surface area (Å²) in [6, 6.07) is 9.79. The first kappa shape index (κ1) is 22.8. The fourth-order valence-electron chi connectivity index (χ4n) is 3.59. The smallest absolute Gasteiger partial charge is 0.243 e. The van der Waals surface area contributed by atoms with E-state index in [-0.39, 0.29) is 5.91 Å². The number of halogens is 1. The van der Waals surface area contributed by atoms with Crippen LogP contribution in [-0.4, -0.2) is 35.4 Å². The monoisotopic (exact) mass is 467 g/mol. The van der Waals surface area contributed by atoms with Gasteiger partial charge in [-0.2, -0.15) is 10.1 Å². The highest BCUT2D eigenvalue weighted by molar-refractivity contribution is 6.30. The van der Waals surface area contributed by atoms with Gasteiger partial charge in [-0.05, 0) is 36.6 Å². The summed E-state index contributed by atoms with van der Waals surface area (Å²) < 4.78 is 3.96. The van der Waals surface area contributed by atoms with Crippen LogP contribution in [0.2, 0.25) is 5.02 Å². The molecule has 10 heteroatoms. The lowest BCUT2D eigenvalue weighted by atomic mass is 10.1. The maximum Gasteiger partial charge on any atom is 0.243 e. The normalized spacial score (nSPS) is 11.1. The van der Waals surface area contributed by atoms with Crippen molar-refractivity contribution in [3.8, 4) is 0 Å². The summed E-state index contributed by atoms with van der Waals surface area (Å²) in [5.74, 6) is 0.177. The molecule has 0 fully saturated rings. The molecule has 4 aromatic rings. The van der Waals surface area contributed by atoms with Gasteiger partial charge in [0.05, 0.1) is 11.9 Å². The Morgan fingerprint density at radius 2 is 1.88 bits per heavy atom. The molecule has 0 atom stereocenters. The van der Waals surface area contributed by atoms with Crippen LogP contribution in [0.25, 0.3) is 11.0 Å². The first-order valence-electron chi connectivity index (χ1n) is 10.9. The van der Waals surface area contributed by atoms with Crippen LogP contribution < -0.4 is 10.8 Å². The van der Waals surface area contributed by atoms with E-state index < -0.39 is 0 Å². The number of hydrogen-bond donors (Lipinski definition) is 3. The molecular formula is C23H26ClN7O2. The van der Waals surface area contributed by atoms with Gasteiger partial charge in [-0.25, -0.2) is 10.5 Å². The average molecular weight is 468 g/mol. The van der Waals surface area contributed by atoms with Gasteiger partial charge in [-0.15, -0.1) is 0 Å². The van der Waals surface area contributed by atoms with Crippen LogP contribution in [0.1, 0.15) is 37.7 Å². The van der Waals surface area contributed by atoms with Crippen LogP contribution in [0.5, 0.6) is 0 Å². The summed E-state index contributed by atoms with van der Waals surface area (Å²) in [4.78, 5) is 20.1. The van der Waals surface area contributed by atoms with Crippen molar-refractivity contribution in [3.05, 3.63) is 65.7 Å². The van der Waals surface area contributed by atoms with E-state index in [2.05, 4.69) is 20.0 Å². The number of amides is 1. The Kier molecular flexibility index (Phi) is 7.54. The van der Waals surface area contributed by atoms with Gasteiger partial charge in [-0.3, -0.25) is 14.7 Å². The molecule has 0 bridgehead atoms. The number of hydroxylamine groups is 1. The molecule has 1 aromatic carbocycles. The Bertz CT molecular complexity index is 1200. The van der Waals surface area contributed by atoms with Crippen molar-refractivity contribution in [2.24, 2.45) is 0 Å². The van der Waals surface area contributed by atoms with Crippen molar-refractivity contribution < 1.29 is 10.0 Å². The molecular weight excluding hydrogens is 442 g/mol. The molecule has 0 aliphatic carbocycles. The molecule has 172 valence electrons. The third kappa shape index (κ3) is 6.30. The number of nitrogens with one attached hydrogen (secondary N) is 2. The van der Waals surface area contributed by atoms with E-state index in [9.17, 15) is 4.79 Å². The van der Waals surface area contributed by atoms with E-state index in [4.69, 9.17) is 21.8 Å². The van der Waals surface area contributed by atoms with Crippen molar-refractivity contribution in [3.63, 3.8) is 0 Å². The lowest BCUT2D eigenvalue weighted by Gasteiger charge is -2.07. The summed E-state index contributed by atoms with van der Waals surface area (Å²) in [7, 11) is 0. The molecule has 0 radical (unpaired) electrons. The van der Waals surface area contributed by atoms with E-state index >= 15 is 0 Å². The number of anilines is 2. The number of aromatic nitrogens is 5. The summed E-state index contributed by atoms with van der Waals surface area (Å²) in [5, 5.41) is 17.8. The van der Waals surface area contributed by atoms with E-state index in [0.29, 0.717) is 18.9 Å². The molecule has 0 aliphatic heterocycles. The van der Waals surface area contributed by atoms with Crippen molar-refractivity contribution in [1.29, 1.82) is 0 Å². The molecule has 1 amide bonds. The van der Waals surface area contributed by atoms with Crippen molar-refractivity contribution >= 4 is 40.2 Å². The number of fused-ring (bicyclic) bond motifs is 1. The first-order chi connectivity index (χ1) is 16.1. The number of nitrogens with zero attached hydrogens (tertiary/aromatic N) is 5. The predicted octanol–water partition coefficient (Wildman–Crippen LogP) is 4.53. The van der Waals surface area contributed by atoms with Crippen LogP contribution in [-0.2, 0) is 17.9 Å². The Hall–Kier alpha value is -3.43. The molecule has 9 nitrogen and oxygen atoms in total. The molecule has 3 aromatic heterocycles. The molecule has 4 rings (SSSR count). The van der Waals surface area contributed by atoms with Gasteiger partial charge in [0.15, 0.2) is 0 Å². The van der Waals surface area contributed by atoms with Gasteiger partial charge >= 0.3 is 0 Å². The second kappa shape index (κ2) is 10.9. The lowest BCUT2D eigenvalue weighted by Crippen LogP contribution is -2.17. The minimum atomic E-state index is -0.338. The Labute approximate surface area is 196 Å². The molecule has 33 heavy (non-hydrogen) atoms. The molecule has 3 heterocycles. The number of carbonyl (C=O) groups is 1. The van der Waals surface area contributed by atoms with Gasteiger partial charge in [-0.1, -0.05) is 36.6 Å². The Balaban J connectivity index is 1.32. The maximum absolute atomic E-state index is 11.0. The summed E-state index contributed by atoms with van der Waals surface area (Å²) in [6.07, 6.45) is 11.5. The summed E-state index contributed by atoms with van der Waals surface area (Å²) >= 11 is 5.99. The van der Waals surface area contributed by atoms with Gasteiger partial charge in [0, 0.05) is 48.5 Å². The van der Waals surface area contributed by atoms with E-state index in [1.807, 2.05) is 53.6 Å². The zero-order valence-electron chi connectivity index (χ0n) is 18.1. The van der Waals surface area contributed by atoms with E-state index in [1.165, 1.54) is 0 Å². The van der Waals surface area contributed by atoms with Crippen LogP contribution >= 0.6 is 11.6 Å². The highest BCUT2D eigenvalue weighted by Crippen LogP contribution is 2.19. The van der Waals surface area contributed by atoms with Gasteiger partial charge in [0.1, 0.15) is 5.65 Å². The molecule has 0 unspecified atom stereocenters. The number of rotatable bonds is 11. The largest absolute Gasteiger partial charge is 0.328 e. The molecule has 0 saturated heterocycles. The summed E-state index contributed by atoms with van der Waals surface area (Å²) in [5.41, 5.74) is 4.47. The van der Waals surface area contributed by atoms with Crippen molar-refractivity contribution in [2.75, 3.05) is 5.32 Å². The molecule has 3 N–H and O–H groups in total. The Morgan fingerprint density at radius 3 is 2.70 bits per heavy atom. The second-order valence-corrected chi connectivity index (χ2v) is 8.30. The number of aryl methyl sites for hydroxylation is 1. The maximum atomic E-state index is 11.0. The van der Waals surface area contributed by atoms with E-state index in [1.54, 1.807) is 11.7 Å². The predicted molar refractivity (Wildman–Crippen MR) is 127 cm³/mol. The second-order valence-electron chi connectivity index (χ2n) is 7.86. The minimum absolute atomic E-state index is 0.338. The SMILES string of the molecule is O=C(CCCCCCn1cc(Nc2ncc3ccn(Cc4ccc(Cl)cc4)c3n2)cn1)NO. The topological polar surface area (TPSA) is 110 Å². The van der Waals surface area contributed by atoms with Crippen molar-refractivity contribution in [2.45, 2.75) is 45.2 Å². The Morgan fingerprint density at radius 1 is 1.06 bits per heavy atom. The molecule has 0 spiro atoms. The lowest BCUT2D eigenvalue weighted by molar-refractivity contribution is -0.129. The zero-order valence-corrected chi connectivity index (χ0v) is 18.9. The number of carbonyl (C=O) groups excluding carboxylic acids is 1. The first-order valence-corrected chi connectivity index (χ1v) is 11.3. The average Bonchev–Trinajstić information content (AvgIpc) is 3.44. The fraction of sp³-hybridized carbons (Fsp3) is 0.304.